The van der Waals surface area contributed by atoms with Gasteiger partial charge < -0.3 is 4.57 Å². The Morgan fingerprint density at radius 3 is 2.62 bits per heavy atom. The maximum absolute atomic E-state index is 12.8. The van der Waals surface area contributed by atoms with Crippen LogP contribution in [0.4, 0.5) is 0 Å². The molecule has 0 aliphatic carbocycles. The molecule has 0 radical (unpaired) electrons. The first-order valence-electron chi connectivity index (χ1n) is 10.1. The number of benzene rings is 2. The van der Waals surface area contributed by atoms with Crippen LogP contribution in [-0.4, -0.2) is 28.3 Å². The summed E-state index contributed by atoms with van der Waals surface area (Å²) in [6.45, 7) is 3.15. The van der Waals surface area contributed by atoms with E-state index in [0.29, 0.717) is 12.3 Å². The number of aromatic nitrogens is 1. The normalized spacial score (nSPS) is 15.4. The van der Waals surface area contributed by atoms with E-state index < -0.39 is 0 Å². The van der Waals surface area contributed by atoms with Gasteiger partial charge in [-0.3, -0.25) is 9.69 Å². The van der Waals surface area contributed by atoms with Gasteiger partial charge in [0.2, 0.25) is 0 Å². The average molecular weight is 431 g/mol. The molecule has 1 fully saturated rings. The summed E-state index contributed by atoms with van der Waals surface area (Å²) >= 11 is 6.09. The number of Topliss-reactive ketones (excluding diaryl/α,β-unsaturated/α-hetero) is 1. The summed E-state index contributed by atoms with van der Waals surface area (Å²) in [5.74, 6) is 0.924. The van der Waals surface area contributed by atoms with Crippen molar-refractivity contribution < 1.29 is 4.79 Å². The molecule has 1 aromatic heterocycles. The summed E-state index contributed by atoms with van der Waals surface area (Å²) in [5.41, 5.74) is 3.27. The number of carbonyl (C=O) groups excluding carboxylic acids is 1. The van der Waals surface area contributed by atoms with Crippen molar-refractivity contribution in [3.63, 3.8) is 0 Å². The number of rotatable bonds is 6. The van der Waals surface area contributed by atoms with Gasteiger partial charge in [-0.15, -0.1) is 12.4 Å². The van der Waals surface area contributed by atoms with Crippen molar-refractivity contribution in [3.05, 3.63) is 70.9 Å². The third-order valence-electron chi connectivity index (χ3n) is 5.98. The minimum absolute atomic E-state index is 0. The number of aryl methyl sites for hydroxylation is 1. The molecular weight excluding hydrogens is 403 g/mol. The van der Waals surface area contributed by atoms with E-state index in [2.05, 4.69) is 33.7 Å². The molecule has 2 heterocycles. The fourth-order valence-corrected chi connectivity index (χ4v) is 4.57. The molecule has 4 rings (SSSR count). The SMILES string of the molecule is Cl.Cn1cc(C(=O)CCC2CCN(Cc3cccc(Cl)c3)CC2)c2ccccc21. The van der Waals surface area contributed by atoms with Gasteiger partial charge in [-0.2, -0.15) is 0 Å². The maximum Gasteiger partial charge on any atom is 0.165 e. The van der Waals surface area contributed by atoms with Crippen LogP contribution in [0.5, 0.6) is 0 Å². The van der Waals surface area contributed by atoms with Crippen molar-refractivity contribution in [2.45, 2.75) is 32.2 Å². The lowest BCUT2D eigenvalue weighted by Crippen LogP contribution is -2.33. The summed E-state index contributed by atoms with van der Waals surface area (Å²) in [4.78, 5) is 15.3. The second kappa shape index (κ2) is 9.80. The van der Waals surface area contributed by atoms with Crippen molar-refractivity contribution >= 4 is 40.7 Å². The van der Waals surface area contributed by atoms with Crippen molar-refractivity contribution in [3.8, 4) is 0 Å². The Morgan fingerprint density at radius 1 is 1.10 bits per heavy atom. The number of piperidine rings is 1. The molecule has 5 heteroatoms. The Hall–Kier alpha value is -1.81. The van der Waals surface area contributed by atoms with Crippen molar-refractivity contribution in [2.24, 2.45) is 13.0 Å². The van der Waals surface area contributed by atoms with E-state index in [-0.39, 0.29) is 18.2 Å². The van der Waals surface area contributed by atoms with E-state index in [9.17, 15) is 4.79 Å². The fraction of sp³-hybridized carbons (Fsp3) is 0.375. The van der Waals surface area contributed by atoms with Gasteiger partial charge in [-0.1, -0.05) is 41.9 Å². The second-order valence-electron chi connectivity index (χ2n) is 7.98. The molecule has 0 N–H and O–H groups in total. The Kier molecular flexibility index (Phi) is 7.39. The van der Waals surface area contributed by atoms with Gasteiger partial charge in [-0.05, 0) is 62.0 Å². The molecule has 0 amide bonds. The first kappa shape index (κ1) is 21.9. The summed E-state index contributed by atoms with van der Waals surface area (Å²) in [7, 11) is 2.01. The molecule has 0 bridgehead atoms. The third-order valence-corrected chi connectivity index (χ3v) is 6.21. The van der Waals surface area contributed by atoms with Gasteiger partial charge >= 0.3 is 0 Å². The summed E-state index contributed by atoms with van der Waals surface area (Å²) in [6.07, 6.45) is 5.97. The number of hydrogen-bond acceptors (Lipinski definition) is 2. The average Bonchev–Trinajstić information content (AvgIpc) is 3.04. The molecule has 154 valence electrons. The van der Waals surface area contributed by atoms with Gasteiger partial charge in [0, 0.05) is 47.7 Å². The lowest BCUT2D eigenvalue weighted by molar-refractivity contribution is 0.0963. The highest BCUT2D eigenvalue weighted by atomic mass is 35.5. The van der Waals surface area contributed by atoms with Crippen LogP contribution in [0.15, 0.2) is 54.7 Å². The van der Waals surface area contributed by atoms with E-state index in [1.807, 2.05) is 37.5 Å². The van der Waals surface area contributed by atoms with E-state index in [1.165, 1.54) is 18.4 Å². The Bertz CT molecular complexity index is 974. The Labute approximate surface area is 184 Å². The lowest BCUT2D eigenvalue weighted by Gasteiger charge is -2.32. The van der Waals surface area contributed by atoms with E-state index >= 15 is 0 Å². The van der Waals surface area contributed by atoms with Crippen LogP contribution in [0.25, 0.3) is 10.9 Å². The third kappa shape index (κ3) is 5.22. The van der Waals surface area contributed by atoms with Crippen molar-refractivity contribution in [1.29, 1.82) is 0 Å². The van der Waals surface area contributed by atoms with E-state index in [4.69, 9.17) is 11.6 Å². The smallest absolute Gasteiger partial charge is 0.165 e. The molecule has 0 atom stereocenters. The number of halogens is 2. The molecule has 3 aromatic rings. The molecule has 0 saturated carbocycles. The topological polar surface area (TPSA) is 25.2 Å². The van der Waals surface area contributed by atoms with Gasteiger partial charge in [-0.25, -0.2) is 0 Å². The molecule has 1 saturated heterocycles. The van der Waals surface area contributed by atoms with Crippen LogP contribution in [0.2, 0.25) is 5.02 Å². The minimum Gasteiger partial charge on any atom is -0.350 e. The number of ketones is 1. The van der Waals surface area contributed by atoms with Gasteiger partial charge in [0.1, 0.15) is 0 Å². The predicted octanol–water partition coefficient (Wildman–Crippen LogP) is 6.13. The molecular formula is C24H28Cl2N2O. The molecule has 29 heavy (non-hydrogen) atoms. The standard InChI is InChI=1S/C24H27ClN2O.ClH/c1-26-17-22(21-7-2-3-8-23(21)26)24(28)10-9-18-11-13-27(14-12-18)16-19-5-4-6-20(25)15-19;/h2-8,15,17-18H,9-14,16H2,1H3;1H. The first-order chi connectivity index (χ1) is 13.6. The molecule has 1 aliphatic heterocycles. The Balaban J connectivity index is 0.00000240. The zero-order valence-electron chi connectivity index (χ0n) is 16.8. The highest BCUT2D eigenvalue weighted by Gasteiger charge is 2.21. The summed E-state index contributed by atoms with van der Waals surface area (Å²) < 4.78 is 2.05. The minimum atomic E-state index is 0. The monoisotopic (exact) mass is 430 g/mol. The van der Waals surface area contributed by atoms with E-state index in [0.717, 1.165) is 47.5 Å². The number of likely N-dealkylation sites (tertiary alicyclic amines) is 1. The number of para-hydroxylation sites is 1. The fourth-order valence-electron chi connectivity index (χ4n) is 4.36. The largest absolute Gasteiger partial charge is 0.350 e. The molecule has 1 aliphatic rings. The number of hydrogen-bond donors (Lipinski definition) is 0. The van der Waals surface area contributed by atoms with Crippen LogP contribution in [0, 0.1) is 5.92 Å². The quantitative estimate of drug-likeness (QED) is 0.439. The van der Waals surface area contributed by atoms with Crippen LogP contribution in [-0.2, 0) is 13.6 Å². The molecule has 3 nitrogen and oxygen atoms in total. The van der Waals surface area contributed by atoms with Gasteiger partial charge in [0.25, 0.3) is 0 Å². The summed E-state index contributed by atoms with van der Waals surface area (Å²) in [6, 6.07) is 16.3. The van der Waals surface area contributed by atoms with E-state index in [1.54, 1.807) is 0 Å². The zero-order valence-corrected chi connectivity index (χ0v) is 18.4. The van der Waals surface area contributed by atoms with Gasteiger partial charge in [0.05, 0.1) is 0 Å². The van der Waals surface area contributed by atoms with Crippen molar-refractivity contribution in [1.82, 2.24) is 9.47 Å². The molecule has 2 aromatic carbocycles. The second-order valence-corrected chi connectivity index (χ2v) is 8.42. The van der Waals surface area contributed by atoms with Crippen LogP contribution < -0.4 is 0 Å². The van der Waals surface area contributed by atoms with Gasteiger partial charge in [0.15, 0.2) is 5.78 Å². The maximum atomic E-state index is 12.8. The highest BCUT2D eigenvalue weighted by Crippen LogP contribution is 2.26. The first-order valence-corrected chi connectivity index (χ1v) is 10.5. The summed E-state index contributed by atoms with van der Waals surface area (Å²) in [5, 5.41) is 1.88. The predicted molar refractivity (Wildman–Crippen MR) is 123 cm³/mol. The van der Waals surface area contributed by atoms with Crippen LogP contribution in [0.1, 0.15) is 41.6 Å². The highest BCUT2D eigenvalue weighted by molar-refractivity contribution is 6.30. The van der Waals surface area contributed by atoms with Crippen LogP contribution >= 0.6 is 24.0 Å². The zero-order chi connectivity index (χ0) is 19.5. The van der Waals surface area contributed by atoms with Crippen molar-refractivity contribution in [2.75, 3.05) is 13.1 Å². The Morgan fingerprint density at radius 2 is 1.86 bits per heavy atom. The lowest BCUT2D eigenvalue weighted by atomic mass is 9.90. The molecule has 0 unspecified atom stereocenters. The number of carbonyl (C=O) groups is 1. The van der Waals surface area contributed by atoms with Crippen LogP contribution in [0.3, 0.4) is 0 Å². The number of nitrogens with zero attached hydrogens (tertiary/aromatic N) is 2. The number of fused-ring (bicyclic) bond motifs is 1. The molecule has 0 spiro atoms.